The summed E-state index contributed by atoms with van der Waals surface area (Å²) in [5.74, 6) is 1.24. The van der Waals surface area contributed by atoms with Gasteiger partial charge in [-0.2, -0.15) is 0 Å². The van der Waals surface area contributed by atoms with E-state index in [0.29, 0.717) is 5.92 Å². The minimum absolute atomic E-state index is 0.413. The molecule has 2 N–H and O–H groups in total. The Morgan fingerprint density at radius 1 is 1.38 bits per heavy atom. The summed E-state index contributed by atoms with van der Waals surface area (Å²) >= 11 is 0. The molecule has 0 spiro atoms. The van der Waals surface area contributed by atoms with Crippen LogP contribution in [0.3, 0.4) is 0 Å². The van der Waals surface area contributed by atoms with E-state index >= 15 is 0 Å². The first kappa shape index (κ1) is 11.1. The second kappa shape index (κ2) is 4.22. The fraction of sp³-hybridized carbons (Fsp3) is 0.500. The Hall–Kier alpha value is -1.42. The molecule has 0 amide bonds. The number of fused-ring (bicyclic) bond motifs is 1. The van der Waals surface area contributed by atoms with E-state index in [9.17, 15) is 0 Å². The van der Waals surface area contributed by atoms with Crippen molar-refractivity contribution in [2.75, 3.05) is 7.05 Å². The maximum absolute atomic E-state index is 4.56. The molecule has 0 aliphatic rings. The number of nitrogens with one attached hydrogen (secondary N) is 2. The van der Waals surface area contributed by atoms with Crippen molar-refractivity contribution in [2.45, 2.75) is 33.2 Å². The van der Waals surface area contributed by atoms with E-state index in [1.165, 1.54) is 10.9 Å². The smallest absolute Gasteiger partial charge is 0.141 e. The van der Waals surface area contributed by atoms with Crippen LogP contribution in [0, 0.1) is 6.92 Å². The largest absolute Gasteiger partial charge is 0.346 e. The Kier molecular flexibility index (Phi) is 2.92. The van der Waals surface area contributed by atoms with Crippen LogP contribution in [0.4, 0.5) is 0 Å². The molecule has 0 aliphatic heterocycles. The van der Waals surface area contributed by atoms with Crippen molar-refractivity contribution in [1.29, 1.82) is 0 Å². The van der Waals surface area contributed by atoms with Gasteiger partial charge in [-0.1, -0.05) is 13.8 Å². The van der Waals surface area contributed by atoms with Crippen LogP contribution in [0.25, 0.3) is 11.0 Å². The third-order valence-electron chi connectivity index (χ3n) is 2.67. The van der Waals surface area contributed by atoms with Crippen LogP contribution in [-0.2, 0) is 6.54 Å². The third-order valence-corrected chi connectivity index (χ3v) is 2.67. The molecule has 0 fully saturated rings. The van der Waals surface area contributed by atoms with Crippen LogP contribution < -0.4 is 5.32 Å². The highest BCUT2D eigenvalue weighted by atomic mass is 15.0. The van der Waals surface area contributed by atoms with Crippen molar-refractivity contribution in [3.05, 3.63) is 23.3 Å². The van der Waals surface area contributed by atoms with Crippen LogP contribution in [0.1, 0.15) is 36.8 Å². The van der Waals surface area contributed by atoms with Gasteiger partial charge in [0, 0.05) is 18.1 Å². The average molecular weight is 218 g/mol. The zero-order valence-corrected chi connectivity index (χ0v) is 10.3. The zero-order valence-electron chi connectivity index (χ0n) is 10.3. The van der Waals surface area contributed by atoms with E-state index in [-0.39, 0.29) is 0 Å². The van der Waals surface area contributed by atoms with Crippen molar-refractivity contribution < 1.29 is 0 Å². The quantitative estimate of drug-likeness (QED) is 0.829. The standard InChI is InChI=1S/C12H18N4/c1-7(2)11-10-9(5-13-4)6-14-12(10)16-8(3)15-11/h6-7,13H,5H2,1-4H3,(H,14,15,16). The van der Waals surface area contributed by atoms with Gasteiger partial charge in [-0.3, -0.25) is 0 Å². The summed E-state index contributed by atoms with van der Waals surface area (Å²) in [7, 11) is 1.95. The Morgan fingerprint density at radius 2 is 2.12 bits per heavy atom. The molecule has 0 saturated heterocycles. The van der Waals surface area contributed by atoms with E-state index < -0.39 is 0 Å². The number of nitrogens with zero attached hydrogens (tertiary/aromatic N) is 2. The summed E-state index contributed by atoms with van der Waals surface area (Å²) in [5, 5.41) is 4.34. The van der Waals surface area contributed by atoms with Crippen LogP contribution in [0.2, 0.25) is 0 Å². The number of aromatic nitrogens is 3. The average Bonchev–Trinajstić information content (AvgIpc) is 2.60. The summed E-state index contributed by atoms with van der Waals surface area (Å²) in [4.78, 5) is 12.2. The predicted molar refractivity (Wildman–Crippen MR) is 65.5 cm³/mol. The molecule has 16 heavy (non-hydrogen) atoms. The van der Waals surface area contributed by atoms with Gasteiger partial charge < -0.3 is 10.3 Å². The Balaban J connectivity index is 2.69. The van der Waals surface area contributed by atoms with Gasteiger partial charge in [0.1, 0.15) is 11.5 Å². The molecule has 2 rings (SSSR count). The lowest BCUT2D eigenvalue weighted by molar-refractivity contribution is 0.802. The molecular weight excluding hydrogens is 200 g/mol. The predicted octanol–water partition coefficient (Wildman–Crippen LogP) is 2.11. The molecule has 0 aromatic carbocycles. The van der Waals surface area contributed by atoms with Gasteiger partial charge in [-0.05, 0) is 25.5 Å². The minimum atomic E-state index is 0.413. The summed E-state index contributed by atoms with van der Waals surface area (Å²) < 4.78 is 0. The molecule has 86 valence electrons. The third kappa shape index (κ3) is 1.80. The van der Waals surface area contributed by atoms with Gasteiger partial charge in [-0.15, -0.1) is 0 Å². The molecular formula is C12H18N4. The van der Waals surface area contributed by atoms with Crippen molar-refractivity contribution in [3.63, 3.8) is 0 Å². The van der Waals surface area contributed by atoms with Gasteiger partial charge in [0.25, 0.3) is 0 Å². The number of aromatic amines is 1. The number of aryl methyl sites for hydroxylation is 1. The monoisotopic (exact) mass is 218 g/mol. The fourth-order valence-electron chi connectivity index (χ4n) is 1.99. The minimum Gasteiger partial charge on any atom is -0.346 e. The Bertz CT molecular complexity index is 499. The Labute approximate surface area is 95.5 Å². The van der Waals surface area contributed by atoms with Gasteiger partial charge in [-0.25, -0.2) is 9.97 Å². The lowest BCUT2D eigenvalue weighted by atomic mass is 10.0. The lowest BCUT2D eigenvalue weighted by Gasteiger charge is -2.08. The van der Waals surface area contributed by atoms with Gasteiger partial charge in [0.05, 0.1) is 5.69 Å². The summed E-state index contributed by atoms with van der Waals surface area (Å²) in [6, 6.07) is 0. The molecule has 0 aliphatic carbocycles. The van der Waals surface area contributed by atoms with Gasteiger partial charge in [0.15, 0.2) is 0 Å². The van der Waals surface area contributed by atoms with Crippen molar-refractivity contribution in [1.82, 2.24) is 20.3 Å². The van der Waals surface area contributed by atoms with E-state index in [4.69, 9.17) is 0 Å². The maximum Gasteiger partial charge on any atom is 0.141 e. The first-order valence-electron chi connectivity index (χ1n) is 5.62. The highest BCUT2D eigenvalue weighted by Gasteiger charge is 2.14. The number of rotatable bonds is 3. The molecule has 0 radical (unpaired) electrons. The highest BCUT2D eigenvalue weighted by molar-refractivity contribution is 5.82. The first-order valence-corrected chi connectivity index (χ1v) is 5.62. The first-order chi connectivity index (χ1) is 7.63. The molecule has 2 heterocycles. The number of hydrogen-bond acceptors (Lipinski definition) is 3. The maximum atomic E-state index is 4.56. The number of hydrogen-bond donors (Lipinski definition) is 2. The fourth-order valence-corrected chi connectivity index (χ4v) is 1.99. The van der Waals surface area contributed by atoms with Crippen LogP contribution in [0.5, 0.6) is 0 Å². The number of H-pyrrole nitrogens is 1. The lowest BCUT2D eigenvalue weighted by Crippen LogP contribution is -2.06. The zero-order chi connectivity index (χ0) is 11.7. The topological polar surface area (TPSA) is 53.6 Å². The SMILES string of the molecule is CNCc1c[nH]c2nc(C)nc(C(C)C)c12. The van der Waals surface area contributed by atoms with Crippen LogP contribution in [-0.4, -0.2) is 22.0 Å². The van der Waals surface area contributed by atoms with Gasteiger partial charge >= 0.3 is 0 Å². The molecule has 2 aromatic rings. The Morgan fingerprint density at radius 3 is 2.75 bits per heavy atom. The molecule has 4 nitrogen and oxygen atoms in total. The molecule has 0 atom stereocenters. The van der Waals surface area contributed by atoms with Crippen molar-refractivity contribution in [2.24, 2.45) is 0 Å². The summed E-state index contributed by atoms with van der Waals surface area (Å²) in [5.41, 5.74) is 3.32. The highest BCUT2D eigenvalue weighted by Crippen LogP contribution is 2.25. The van der Waals surface area contributed by atoms with Crippen LogP contribution in [0.15, 0.2) is 6.20 Å². The van der Waals surface area contributed by atoms with Gasteiger partial charge in [0.2, 0.25) is 0 Å². The van der Waals surface area contributed by atoms with Crippen LogP contribution >= 0.6 is 0 Å². The van der Waals surface area contributed by atoms with E-state index in [1.807, 2.05) is 20.2 Å². The molecule has 2 aromatic heterocycles. The molecule has 4 heteroatoms. The van der Waals surface area contributed by atoms with Crippen molar-refractivity contribution in [3.8, 4) is 0 Å². The van der Waals surface area contributed by atoms with E-state index in [1.54, 1.807) is 0 Å². The normalized spacial score (nSPS) is 11.6. The second-order valence-electron chi connectivity index (χ2n) is 4.38. The molecule has 0 saturated carbocycles. The van der Waals surface area contributed by atoms with Crippen molar-refractivity contribution >= 4 is 11.0 Å². The van der Waals surface area contributed by atoms with E-state index in [2.05, 4.69) is 34.1 Å². The summed E-state index contributed by atoms with van der Waals surface area (Å²) in [6.07, 6.45) is 2.02. The molecule has 0 unspecified atom stereocenters. The second-order valence-corrected chi connectivity index (χ2v) is 4.38. The van der Waals surface area contributed by atoms with E-state index in [0.717, 1.165) is 23.7 Å². The molecule has 0 bridgehead atoms. The summed E-state index contributed by atoms with van der Waals surface area (Å²) in [6.45, 7) is 7.10.